The van der Waals surface area contributed by atoms with Crippen LogP contribution in [-0.2, 0) is 13.5 Å². The molecule has 1 heterocycles. The summed E-state index contributed by atoms with van der Waals surface area (Å²) in [6.07, 6.45) is 6.01. The fourth-order valence-corrected chi connectivity index (χ4v) is 2.54. The molecule has 19 heavy (non-hydrogen) atoms. The van der Waals surface area contributed by atoms with E-state index >= 15 is 0 Å². The third-order valence-corrected chi connectivity index (χ3v) is 3.88. The molecule has 102 valence electrons. The lowest BCUT2D eigenvalue weighted by atomic mass is 10.0. The minimum atomic E-state index is 0.264. The van der Waals surface area contributed by atoms with Crippen molar-refractivity contribution in [2.75, 3.05) is 6.54 Å². The molecule has 0 aliphatic heterocycles. The van der Waals surface area contributed by atoms with E-state index in [1.807, 2.05) is 24.0 Å². The number of aromatic nitrogens is 2. The molecule has 0 bridgehead atoms. The summed E-state index contributed by atoms with van der Waals surface area (Å²) in [6.45, 7) is 3.19. The van der Waals surface area contributed by atoms with Gasteiger partial charge >= 0.3 is 0 Å². The van der Waals surface area contributed by atoms with E-state index in [9.17, 15) is 0 Å². The smallest absolute Gasteiger partial charge is 0.0947 e. The van der Waals surface area contributed by atoms with Crippen LogP contribution in [0.4, 0.5) is 0 Å². The molecule has 0 radical (unpaired) electrons. The average Bonchev–Trinajstić information content (AvgIpc) is 2.83. The largest absolute Gasteiger partial charge is 0.340 e. The summed E-state index contributed by atoms with van der Waals surface area (Å²) in [7, 11) is 2.01. The molecule has 4 heteroatoms. The van der Waals surface area contributed by atoms with E-state index in [-0.39, 0.29) is 6.04 Å². The lowest BCUT2D eigenvalue weighted by molar-refractivity contribution is 0.518. The maximum absolute atomic E-state index is 4.48. The number of nitrogens with one attached hydrogen (secondary N) is 1. The molecule has 0 aliphatic rings. The first-order valence-electron chi connectivity index (χ1n) is 6.65. The van der Waals surface area contributed by atoms with Gasteiger partial charge in [-0.3, -0.25) is 0 Å². The van der Waals surface area contributed by atoms with Crippen LogP contribution in [-0.4, -0.2) is 16.1 Å². The first-order chi connectivity index (χ1) is 9.20. The van der Waals surface area contributed by atoms with Crippen molar-refractivity contribution in [3.63, 3.8) is 0 Å². The Balaban J connectivity index is 2.16. The molecule has 0 saturated carbocycles. The first-order valence-corrected chi connectivity index (χ1v) is 7.44. The van der Waals surface area contributed by atoms with Gasteiger partial charge in [0.1, 0.15) is 0 Å². The van der Waals surface area contributed by atoms with Crippen LogP contribution in [0.1, 0.15) is 30.6 Å². The first kappa shape index (κ1) is 14.3. The fraction of sp³-hybridized carbons (Fsp3) is 0.400. The molecule has 1 aromatic heterocycles. The Bertz CT molecular complexity index is 522. The third kappa shape index (κ3) is 3.91. The van der Waals surface area contributed by atoms with Crippen molar-refractivity contribution in [3.8, 4) is 0 Å². The van der Waals surface area contributed by atoms with Crippen molar-refractivity contribution in [3.05, 3.63) is 52.5 Å². The minimum absolute atomic E-state index is 0.264. The molecule has 1 atom stereocenters. The van der Waals surface area contributed by atoms with Crippen LogP contribution in [0, 0.1) is 0 Å². The Morgan fingerprint density at radius 2 is 2.16 bits per heavy atom. The number of aryl methyl sites for hydroxylation is 1. The van der Waals surface area contributed by atoms with Crippen LogP contribution in [0.5, 0.6) is 0 Å². The molecule has 0 spiro atoms. The number of imidazole rings is 1. The third-order valence-electron chi connectivity index (χ3n) is 3.10. The monoisotopic (exact) mass is 321 g/mol. The molecule has 0 aliphatic carbocycles. The van der Waals surface area contributed by atoms with Gasteiger partial charge in [-0.15, -0.1) is 0 Å². The minimum Gasteiger partial charge on any atom is -0.340 e. The number of hydrogen-bond donors (Lipinski definition) is 1. The lowest BCUT2D eigenvalue weighted by Gasteiger charge is -2.17. The van der Waals surface area contributed by atoms with E-state index in [2.05, 4.69) is 57.6 Å². The van der Waals surface area contributed by atoms with Gasteiger partial charge in [0.05, 0.1) is 18.1 Å². The van der Waals surface area contributed by atoms with Gasteiger partial charge in [0, 0.05) is 17.7 Å². The Kier molecular flexibility index (Phi) is 5.16. The van der Waals surface area contributed by atoms with Crippen molar-refractivity contribution in [1.82, 2.24) is 14.9 Å². The second kappa shape index (κ2) is 6.87. The summed E-state index contributed by atoms with van der Waals surface area (Å²) < 4.78 is 3.16. The SMILES string of the molecule is CCCNC(Cc1ccccc1Br)c1cn(C)cn1. The van der Waals surface area contributed by atoms with E-state index in [1.165, 1.54) is 5.56 Å². The summed E-state index contributed by atoms with van der Waals surface area (Å²) in [5.41, 5.74) is 2.41. The zero-order valence-electron chi connectivity index (χ0n) is 11.4. The predicted octanol–water partition coefficient (Wildman–Crippen LogP) is 3.47. The molecule has 2 aromatic rings. The van der Waals surface area contributed by atoms with Crippen LogP contribution in [0.15, 0.2) is 41.3 Å². The van der Waals surface area contributed by atoms with Gasteiger partial charge in [0.25, 0.3) is 0 Å². The van der Waals surface area contributed by atoms with Gasteiger partial charge in [-0.1, -0.05) is 41.1 Å². The van der Waals surface area contributed by atoms with Crippen LogP contribution in [0.25, 0.3) is 0 Å². The number of rotatable bonds is 6. The zero-order valence-corrected chi connectivity index (χ0v) is 13.0. The van der Waals surface area contributed by atoms with Crippen LogP contribution in [0.2, 0.25) is 0 Å². The molecule has 2 rings (SSSR count). The van der Waals surface area contributed by atoms with E-state index < -0.39 is 0 Å². The molecule has 1 unspecified atom stereocenters. The highest BCUT2D eigenvalue weighted by Crippen LogP contribution is 2.23. The molecule has 0 saturated heterocycles. The van der Waals surface area contributed by atoms with Gasteiger partial charge in [0.2, 0.25) is 0 Å². The van der Waals surface area contributed by atoms with Crippen LogP contribution < -0.4 is 5.32 Å². The van der Waals surface area contributed by atoms with E-state index in [0.717, 1.165) is 29.6 Å². The molecule has 3 nitrogen and oxygen atoms in total. The molecule has 0 fully saturated rings. The van der Waals surface area contributed by atoms with Crippen molar-refractivity contribution >= 4 is 15.9 Å². The zero-order chi connectivity index (χ0) is 13.7. The maximum atomic E-state index is 4.48. The molecular weight excluding hydrogens is 302 g/mol. The summed E-state index contributed by atoms with van der Waals surface area (Å²) >= 11 is 3.62. The lowest BCUT2D eigenvalue weighted by Crippen LogP contribution is -2.24. The highest BCUT2D eigenvalue weighted by Gasteiger charge is 2.15. The number of halogens is 1. The second-order valence-corrected chi connectivity index (χ2v) is 5.62. The Morgan fingerprint density at radius 3 is 2.79 bits per heavy atom. The fourth-order valence-electron chi connectivity index (χ4n) is 2.10. The van der Waals surface area contributed by atoms with E-state index in [4.69, 9.17) is 0 Å². The van der Waals surface area contributed by atoms with Crippen molar-refractivity contribution in [2.45, 2.75) is 25.8 Å². The molecule has 0 amide bonds. The van der Waals surface area contributed by atoms with Crippen LogP contribution in [0.3, 0.4) is 0 Å². The van der Waals surface area contributed by atoms with Crippen molar-refractivity contribution in [1.29, 1.82) is 0 Å². The quantitative estimate of drug-likeness (QED) is 0.883. The second-order valence-electron chi connectivity index (χ2n) is 4.77. The van der Waals surface area contributed by atoms with Gasteiger partial charge < -0.3 is 9.88 Å². The topological polar surface area (TPSA) is 29.9 Å². The Labute approximate surface area is 123 Å². The number of hydrogen-bond acceptors (Lipinski definition) is 2. The molecule has 1 N–H and O–H groups in total. The van der Waals surface area contributed by atoms with Crippen LogP contribution >= 0.6 is 15.9 Å². The van der Waals surface area contributed by atoms with Gasteiger partial charge in [-0.05, 0) is 31.0 Å². The average molecular weight is 322 g/mol. The number of nitrogens with zero attached hydrogens (tertiary/aromatic N) is 2. The van der Waals surface area contributed by atoms with E-state index in [1.54, 1.807) is 0 Å². The van der Waals surface area contributed by atoms with Crippen molar-refractivity contribution < 1.29 is 0 Å². The van der Waals surface area contributed by atoms with E-state index in [0.29, 0.717) is 0 Å². The number of benzene rings is 1. The maximum Gasteiger partial charge on any atom is 0.0947 e. The molecular formula is C15H20BrN3. The Hall–Kier alpha value is -1.13. The highest BCUT2D eigenvalue weighted by atomic mass is 79.9. The van der Waals surface area contributed by atoms with Gasteiger partial charge in [-0.25, -0.2) is 4.98 Å². The summed E-state index contributed by atoms with van der Waals surface area (Å²) in [6, 6.07) is 8.64. The summed E-state index contributed by atoms with van der Waals surface area (Å²) in [5.74, 6) is 0. The summed E-state index contributed by atoms with van der Waals surface area (Å²) in [4.78, 5) is 4.48. The highest BCUT2D eigenvalue weighted by molar-refractivity contribution is 9.10. The van der Waals surface area contributed by atoms with Crippen molar-refractivity contribution in [2.24, 2.45) is 7.05 Å². The molecule has 1 aromatic carbocycles. The Morgan fingerprint density at radius 1 is 1.37 bits per heavy atom. The van der Waals surface area contributed by atoms with Gasteiger partial charge in [-0.2, -0.15) is 0 Å². The predicted molar refractivity (Wildman–Crippen MR) is 82.1 cm³/mol. The standard InChI is InChI=1S/C15H20BrN3/c1-3-8-17-14(15-10-19(2)11-18-15)9-12-6-4-5-7-13(12)16/h4-7,10-11,14,17H,3,8-9H2,1-2H3. The normalized spacial score (nSPS) is 12.6. The van der Waals surface area contributed by atoms with Gasteiger partial charge in [0.15, 0.2) is 0 Å². The summed E-state index contributed by atoms with van der Waals surface area (Å²) in [5, 5.41) is 3.58.